The molecule has 2 heterocycles. The van der Waals surface area contributed by atoms with E-state index in [2.05, 4.69) is 9.97 Å². The molecule has 0 unspecified atom stereocenters. The number of hydrogen-bond acceptors (Lipinski definition) is 6. The predicted molar refractivity (Wildman–Crippen MR) is 146 cm³/mol. The second-order valence-electron chi connectivity index (χ2n) is 8.71. The molecule has 0 spiro atoms. The summed E-state index contributed by atoms with van der Waals surface area (Å²) in [6.07, 6.45) is 1.63. The number of hydrogen-bond donors (Lipinski definition) is 2. The highest BCUT2D eigenvalue weighted by molar-refractivity contribution is 6.01. The van der Waals surface area contributed by atoms with Crippen molar-refractivity contribution < 1.29 is 29.3 Å². The number of para-hydroxylation sites is 1. The molecule has 5 rings (SSSR count). The Hall–Kier alpha value is -5.18. The molecule has 0 aliphatic carbocycles. The molecule has 0 saturated carbocycles. The number of carboxylic acids is 2. The van der Waals surface area contributed by atoms with Gasteiger partial charge in [0.25, 0.3) is 6.01 Å². The van der Waals surface area contributed by atoms with Gasteiger partial charge in [-0.2, -0.15) is 4.98 Å². The highest BCUT2D eigenvalue weighted by atomic mass is 16.5. The van der Waals surface area contributed by atoms with Crippen molar-refractivity contribution in [1.82, 2.24) is 14.5 Å². The van der Waals surface area contributed by atoms with Gasteiger partial charge < -0.3 is 19.7 Å². The van der Waals surface area contributed by atoms with Crippen LogP contribution in [0.5, 0.6) is 11.9 Å². The van der Waals surface area contributed by atoms with Crippen molar-refractivity contribution in [2.75, 3.05) is 13.7 Å². The molecular weight excluding hydrogens is 498 g/mol. The number of carboxylic acid groups (broad SMARTS) is 2. The Morgan fingerprint density at radius 1 is 0.872 bits per heavy atom. The average molecular weight is 524 g/mol. The molecule has 0 atom stereocenters. The number of nitrogens with zero attached hydrogens (tertiary/aromatic N) is 3. The van der Waals surface area contributed by atoms with E-state index in [1.54, 1.807) is 47.2 Å². The van der Waals surface area contributed by atoms with Gasteiger partial charge in [0.2, 0.25) is 5.88 Å². The number of benzene rings is 3. The number of methoxy groups -OCH3 is 1. The van der Waals surface area contributed by atoms with Crippen LogP contribution in [0.25, 0.3) is 33.3 Å². The Labute approximate surface area is 223 Å². The van der Waals surface area contributed by atoms with Crippen molar-refractivity contribution in [2.24, 2.45) is 0 Å². The third-order valence-electron chi connectivity index (χ3n) is 6.37. The van der Waals surface area contributed by atoms with E-state index in [0.29, 0.717) is 47.2 Å². The predicted octanol–water partition coefficient (Wildman–Crippen LogP) is 5.62. The summed E-state index contributed by atoms with van der Waals surface area (Å²) in [6.45, 7) is 2.53. The van der Waals surface area contributed by atoms with E-state index in [-0.39, 0.29) is 11.1 Å². The zero-order chi connectivity index (χ0) is 27.5. The lowest BCUT2D eigenvalue weighted by atomic mass is 9.94. The minimum absolute atomic E-state index is 0.135. The third-order valence-corrected chi connectivity index (χ3v) is 6.37. The molecule has 3 aromatic carbocycles. The molecule has 0 amide bonds. The van der Waals surface area contributed by atoms with Gasteiger partial charge in [-0.15, -0.1) is 0 Å². The van der Waals surface area contributed by atoms with E-state index in [0.717, 1.165) is 16.7 Å². The molecule has 0 aliphatic heterocycles. The molecule has 0 saturated heterocycles. The first-order valence-corrected chi connectivity index (χ1v) is 12.2. The van der Waals surface area contributed by atoms with Crippen molar-refractivity contribution >= 4 is 23.0 Å². The number of ether oxygens (including phenoxy) is 2. The first-order valence-electron chi connectivity index (χ1n) is 12.2. The van der Waals surface area contributed by atoms with Crippen LogP contribution in [0.15, 0.2) is 79.0 Å². The Morgan fingerprint density at radius 2 is 1.62 bits per heavy atom. The molecule has 0 aliphatic rings. The summed E-state index contributed by atoms with van der Waals surface area (Å²) in [7, 11) is 1.54. The number of fused-ring (bicyclic) bond motifs is 1. The zero-order valence-electron chi connectivity index (χ0n) is 21.3. The van der Waals surface area contributed by atoms with Crippen LogP contribution in [-0.2, 0) is 6.54 Å². The lowest BCUT2D eigenvalue weighted by molar-refractivity contribution is 0.0687. The maximum atomic E-state index is 12.0. The molecule has 2 aromatic heterocycles. The topological polar surface area (TPSA) is 124 Å². The van der Waals surface area contributed by atoms with Crippen LogP contribution < -0.4 is 9.47 Å². The first-order chi connectivity index (χ1) is 18.9. The summed E-state index contributed by atoms with van der Waals surface area (Å²) in [4.78, 5) is 32.7. The fraction of sp³-hybridized carbons (Fsp3) is 0.133. The van der Waals surface area contributed by atoms with Gasteiger partial charge in [0.05, 0.1) is 42.4 Å². The van der Waals surface area contributed by atoms with E-state index < -0.39 is 11.9 Å². The van der Waals surface area contributed by atoms with Crippen molar-refractivity contribution in [1.29, 1.82) is 0 Å². The van der Waals surface area contributed by atoms with Crippen LogP contribution in [-0.4, -0.2) is 50.4 Å². The van der Waals surface area contributed by atoms with Crippen LogP contribution >= 0.6 is 0 Å². The summed E-state index contributed by atoms with van der Waals surface area (Å²) in [6, 6.07) is 21.5. The maximum Gasteiger partial charge on any atom is 0.337 e. The van der Waals surface area contributed by atoms with E-state index in [9.17, 15) is 19.8 Å². The molecule has 9 heteroatoms. The van der Waals surface area contributed by atoms with Crippen LogP contribution in [0.3, 0.4) is 0 Å². The van der Waals surface area contributed by atoms with Gasteiger partial charge >= 0.3 is 11.9 Å². The Morgan fingerprint density at radius 3 is 2.31 bits per heavy atom. The molecular formula is C30H25N3O6. The third kappa shape index (κ3) is 4.89. The second kappa shape index (κ2) is 10.7. The van der Waals surface area contributed by atoms with Crippen molar-refractivity contribution in [3.05, 3.63) is 95.7 Å². The second-order valence-corrected chi connectivity index (χ2v) is 8.71. The van der Waals surface area contributed by atoms with Gasteiger partial charge in [0.1, 0.15) is 0 Å². The summed E-state index contributed by atoms with van der Waals surface area (Å²) >= 11 is 0. The number of imidazole rings is 1. The minimum Gasteiger partial charge on any atom is -0.481 e. The van der Waals surface area contributed by atoms with Crippen molar-refractivity contribution in [3.8, 4) is 34.1 Å². The Bertz CT molecular complexity index is 1690. The average Bonchev–Trinajstić information content (AvgIpc) is 3.30. The van der Waals surface area contributed by atoms with Crippen molar-refractivity contribution in [3.63, 3.8) is 0 Å². The summed E-state index contributed by atoms with van der Waals surface area (Å²) in [5.74, 6) is -1.64. The van der Waals surface area contributed by atoms with Crippen molar-refractivity contribution in [2.45, 2.75) is 13.5 Å². The summed E-state index contributed by atoms with van der Waals surface area (Å²) < 4.78 is 12.8. The normalized spacial score (nSPS) is 10.9. The molecule has 0 bridgehead atoms. The smallest absolute Gasteiger partial charge is 0.337 e. The van der Waals surface area contributed by atoms with Crippen LogP contribution in [0.2, 0.25) is 0 Å². The number of aromatic carboxylic acids is 2. The highest BCUT2D eigenvalue weighted by Gasteiger charge is 2.19. The number of carbonyl (C=O) groups is 2. The fourth-order valence-electron chi connectivity index (χ4n) is 4.61. The van der Waals surface area contributed by atoms with Gasteiger partial charge in [-0.05, 0) is 65.6 Å². The van der Waals surface area contributed by atoms with Crippen LogP contribution in [0, 0.1) is 0 Å². The molecule has 2 N–H and O–H groups in total. The largest absolute Gasteiger partial charge is 0.481 e. The number of aromatic nitrogens is 3. The Kier molecular flexibility index (Phi) is 6.96. The van der Waals surface area contributed by atoms with Gasteiger partial charge in [0, 0.05) is 11.8 Å². The monoisotopic (exact) mass is 523 g/mol. The lowest BCUT2D eigenvalue weighted by Gasteiger charge is -2.13. The van der Waals surface area contributed by atoms with Crippen LogP contribution in [0.1, 0.15) is 33.2 Å². The summed E-state index contributed by atoms with van der Waals surface area (Å²) in [5.41, 5.74) is 4.96. The van der Waals surface area contributed by atoms with Gasteiger partial charge in [-0.1, -0.05) is 36.4 Å². The Balaban J connectivity index is 1.55. The van der Waals surface area contributed by atoms with Gasteiger partial charge in [-0.3, -0.25) is 4.57 Å². The lowest BCUT2D eigenvalue weighted by Crippen LogP contribution is -2.08. The molecule has 9 nitrogen and oxygen atoms in total. The molecule has 196 valence electrons. The van der Waals surface area contributed by atoms with E-state index in [1.807, 2.05) is 43.3 Å². The standard InChI is InChI=1S/C30H25N3O6/c1-3-39-30-32-25-8-4-6-23(29(36)37)26(25)33(30)17-18-9-11-19(12-10-18)24-16-20(13-14-22(24)28(34)35)21-7-5-15-31-27(21)38-2/h4-16H,3,17H2,1-2H3,(H,34,35)(H,36,37). The summed E-state index contributed by atoms with van der Waals surface area (Å²) in [5, 5.41) is 19.6. The first kappa shape index (κ1) is 25.5. The SMILES string of the molecule is CCOc1nc2cccc(C(=O)O)c2n1Cc1ccc(-c2cc(-c3cccnc3OC)ccc2C(=O)O)cc1. The molecule has 5 aromatic rings. The van der Waals surface area contributed by atoms with E-state index in [4.69, 9.17) is 9.47 Å². The molecule has 39 heavy (non-hydrogen) atoms. The zero-order valence-corrected chi connectivity index (χ0v) is 21.3. The quantitative estimate of drug-likeness (QED) is 0.255. The molecule has 0 fully saturated rings. The maximum absolute atomic E-state index is 12.0. The van der Waals surface area contributed by atoms with Gasteiger partial charge in [0.15, 0.2) is 0 Å². The fourth-order valence-corrected chi connectivity index (χ4v) is 4.61. The van der Waals surface area contributed by atoms with E-state index >= 15 is 0 Å². The van der Waals surface area contributed by atoms with Crippen LogP contribution in [0.4, 0.5) is 0 Å². The number of rotatable bonds is 9. The van der Waals surface area contributed by atoms with Gasteiger partial charge in [-0.25, -0.2) is 14.6 Å². The highest BCUT2D eigenvalue weighted by Crippen LogP contribution is 2.34. The van der Waals surface area contributed by atoms with E-state index in [1.165, 1.54) is 7.11 Å². The minimum atomic E-state index is -1.05. The molecule has 0 radical (unpaired) electrons. The number of pyridine rings is 1.